The molecule has 1 aliphatic heterocycles. The summed E-state index contributed by atoms with van der Waals surface area (Å²) in [6, 6.07) is 3.04. The van der Waals surface area contributed by atoms with Gasteiger partial charge >= 0.3 is 0 Å². The number of piperidine rings is 1. The molecule has 15 heavy (non-hydrogen) atoms. The first-order valence-electron chi connectivity index (χ1n) is 5.38. The summed E-state index contributed by atoms with van der Waals surface area (Å²) in [7, 11) is 0. The highest BCUT2D eigenvalue weighted by molar-refractivity contribution is 5.36. The second kappa shape index (κ2) is 4.19. The van der Waals surface area contributed by atoms with Crippen LogP contribution in [0.1, 0.15) is 29.9 Å². The average Bonchev–Trinajstić information content (AvgIpc) is 2.24. The molecule has 1 aromatic rings. The lowest BCUT2D eigenvalue weighted by Crippen LogP contribution is -2.27. The van der Waals surface area contributed by atoms with Crippen LogP contribution in [0.2, 0.25) is 0 Å². The van der Waals surface area contributed by atoms with Gasteiger partial charge in [0.25, 0.3) is 0 Å². The van der Waals surface area contributed by atoms with E-state index < -0.39 is 0 Å². The summed E-state index contributed by atoms with van der Waals surface area (Å²) in [5.41, 5.74) is 1.21. The van der Waals surface area contributed by atoms with Gasteiger partial charge in [-0.1, -0.05) is 0 Å². The van der Waals surface area contributed by atoms with Crippen molar-refractivity contribution in [3.8, 4) is 5.75 Å². The van der Waals surface area contributed by atoms with Gasteiger partial charge in [-0.15, -0.1) is 0 Å². The fraction of sp³-hybridized carbons (Fsp3) is 0.500. The third-order valence-corrected chi connectivity index (χ3v) is 3.05. The van der Waals surface area contributed by atoms with Crippen LogP contribution in [0.15, 0.2) is 12.1 Å². The number of hydrogen-bond donors (Lipinski definition) is 2. The Morgan fingerprint density at radius 2 is 2.00 bits per heavy atom. The molecule has 3 heteroatoms. The first kappa shape index (κ1) is 10.4. The van der Waals surface area contributed by atoms with Crippen LogP contribution in [0.5, 0.6) is 5.75 Å². The Hall–Kier alpha value is -1.09. The monoisotopic (exact) mass is 209 g/mol. The second-order valence-electron chi connectivity index (χ2n) is 4.19. The van der Waals surface area contributed by atoms with Crippen molar-refractivity contribution in [2.45, 2.75) is 25.7 Å². The van der Waals surface area contributed by atoms with E-state index in [0.717, 1.165) is 25.9 Å². The first-order valence-corrected chi connectivity index (χ1v) is 5.38. The highest BCUT2D eigenvalue weighted by Gasteiger charge is 2.20. The minimum absolute atomic E-state index is 0.153. The predicted molar refractivity (Wildman–Crippen MR) is 57.6 cm³/mol. The second-order valence-corrected chi connectivity index (χ2v) is 4.19. The summed E-state index contributed by atoms with van der Waals surface area (Å²) in [6.45, 7) is 3.55. The largest absolute Gasteiger partial charge is 0.508 e. The number of hydrogen-bond acceptors (Lipinski definition) is 2. The van der Waals surface area contributed by atoms with E-state index in [1.165, 1.54) is 6.07 Å². The van der Waals surface area contributed by atoms with Crippen molar-refractivity contribution in [2.24, 2.45) is 0 Å². The van der Waals surface area contributed by atoms with Crippen molar-refractivity contribution in [3.05, 3.63) is 29.1 Å². The Labute approximate surface area is 89.1 Å². The summed E-state index contributed by atoms with van der Waals surface area (Å²) in [5.74, 6) is 0.263. The van der Waals surface area contributed by atoms with Gasteiger partial charge in [0.05, 0.1) is 0 Å². The van der Waals surface area contributed by atoms with Gasteiger partial charge in [-0.25, -0.2) is 4.39 Å². The number of rotatable bonds is 1. The third kappa shape index (κ3) is 2.12. The van der Waals surface area contributed by atoms with Crippen LogP contribution in [-0.4, -0.2) is 18.2 Å². The maximum Gasteiger partial charge on any atom is 0.129 e. The SMILES string of the molecule is Cc1cc(O)cc(C2CCNCC2)c1F. The molecule has 0 unspecified atom stereocenters. The molecular weight excluding hydrogens is 193 g/mol. The molecule has 2 rings (SSSR count). The number of nitrogens with one attached hydrogen (secondary N) is 1. The summed E-state index contributed by atoms with van der Waals surface area (Å²) in [4.78, 5) is 0. The zero-order chi connectivity index (χ0) is 10.8. The molecule has 1 saturated heterocycles. The molecule has 0 aliphatic carbocycles. The summed E-state index contributed by atoms with van der Waals surface area (Å²) >= 11 is 0. The fourth-order valence-corrected chi connectivity index (χ4v) is 2.21. The van der Waals surface area contributed by atoms with Gasteiger partial charge in [-0.05, 0) is 62.0 Å². The lowest BCUT2D eigenvalue weighted by atomic mass is 9.89. The molecule has 2 nitrogen and oxygen atoms in total. The Bertz CT molecular complexity index is 359. The smallest absolute Gasteiger partial charge is 0.129 e. The van der Waals surface area contributed by atoms with Gasteiger partial charge in [-0.3, -0.25) is 0 Å². The molecule has 82 valence electrons. The van der Waals surface area contributed by atoms with Gasteiger partial charge in [0.2, 0.25) is 0 Å². The molecule has 0 atom stereocenters. The molecule has 1 aliphatic rings. The molecule has 0 spiro atoms. The maximum atomic E-state index is 13.8. The Balaban J connectivity index is 2.33. The quantitative estimate of drug-likeness (QED) is 0.744. The van der Waals surface area contributed by atoms with Crippen LogP contribution >= 0.6 is 0 Å². The summed E-state index contributed by atoms with van der Waals surface area (Å²) < 4.78 is 13.8. The van der Waals surface area contributed by atoms with Crippen LogP contribution in [0, 0.1) is 12.7 Å². The normalized spacial score (nSPS) is 18.0. The van der Waals surface area contributed by atoms with E-state index >= 15 is 0 Å². The molecule has 1 heterocycles. The molecule has 0 saturated carbocycles. The molecular formula is C12H16FNO. The van der Waals surface area contributed by atoms with Crippen molar-refractivity contribution < 1.29 is 9.50 Å². The van der Waals surface area contributed by atoms with E-state index in [2.05, 4.69) is 5.32 Å². The minimum atomic E-state index is -0.153. The van der Waals surface area contributed by atoms with Crippen molar-refractivity contribution in [1.29, 1.82) is 0 Å². The zero-order valence-electron chi connectivity index (χ0n) is 8.89. The Morgan fingerprint density at radius 1 is 1.33 bits per heavy atom. The van der Waals surface area contributed by atoms with E-state index in [4.69, 9.17) is 0 Å². The average molecular weight is 209 g/mol. The number of phenols is 1. The van der Waals surface area contributed by atoms with Crippen molar-refractivity contribution >= 4 is 0 Å². The predicted octanol–water partition coefficient (Wildman–Crippen LogP) is 2.31. The highest BCUT2D eigenvalue weighted by Crippen LogP contribution is 2.31. The fourth-order valence-electron chi connectivity index (χ4n) is 2.21. The van der Waals surface area contributed by atoms with Gasteiger partial charge in [-0.2, -0.15) is 0 Å². The van der Waals surface area contributed by atoms with E-state index in [1.807, 2.05) is 0 Å². The molecule has 1 aromatic carbocycles. The van der Waals surface area contributed by atoms with Crippen LogP contribution in [0.4, 0.5) is 4.39 Å². The third-order valence-electron chi connectivity index (χ3n) is 3.05. The van der Waals surface area contributed by atoms with Crippen LogP contribution in [-0.2, 0) is 0 Å². The van der Waals surface area contributed by atoms with E-state index in [0.29, 0.717) is 11.1 Å². The molecule has 0 aromatic heterocycles. The van der Waals surface area contributed by atoms with Crippen LogP contribution in [0.3, 0.4) is 0 Å². The van der Waals surface area contributed by atoms with Crippen LogP contribution < -0.4 is 5.32 Å². The number of halogens is 1. The van der Waals surface area contributed by atoms with Crippen molar-refractivity contribution in [2.75, 3.05) is 13.1 Å². The molecule has 1 fully saturated rings. The van der Waals surface area contributed by atoms with E-state index in [9.17, 15) is 9.50 Å². The standard InChI is InChI=1S/C12H16FNO/c1-8-6-10(15)7-11(12(8)13)9-2-4-14-5-3-9/h6-7,9,14-15H,2-5H2,1H3. The minimum Gasteiger partial charge on any atom is -0.508 e. The number of benzene rings is 1. The topological polar surface area (TPSA) is 32.3 Å². The van der Waals surface area contributed by atoms with E-state index in [-0.39, 0.29) is 17.5 Å². The number of phenolic OH excluding ortho intramolecular Hbond substituents is 1. The van der Waals surface area contributed by atoms with Gasteiger partial charge in [0, 0.05) is 0 Å². The first-order chi connectivity index (χ1) is 7.18. The summed E-state index contributed by atoms with van der Waals surface area (Å²) in [6.07, 6.45) is 1.89. The molecule has 0 amide bonds. The number of aryl methyl sites for hydroxylation is 1. The number of aromatic hydroxyl groups is 1. The van der Waals surface area contributed by atoms with E-state index in [1.54, 1.807) is 13.0 Å². The lowest BCUT2D eigenvalue weighted by Gasteiger charge is -2.24. The molecule has 0 bridgehead atoms. The highest BCUT2D eigenvalue weighted by atomic mass is 19.1. The maximum absolute atomic E-state index is 13.8. The van der Waals surface area contributed by atoms with Gasteiger partial charge < -0.3 is 10.4 Å². The molecule has 2 N–H and O–H groups in total. The lowest BCUT2D eigenvalue weighted by molar-refractivity contribution is 0.434. The van der Waals surface area contributed by atoms with Gasteiger partial charge in [0.15, 0.2) is 0 Å². The Kier molecular flexibility index (Phi) is 2.91. The molecule has 0 radical (unpaired) electrons. The van der Waals surface area contributed by atoms with Crippen molar-refractivity contribution in [1.82, 2.24) is 5.32 Å². The zero-order valence-corrected chi connectivity index (χ0v) is 8.89. The van der Waals surface area contributed by atoms with Crippen molar-refractivity contribution in [3.63, 3.8) is 0 Å². The van der Waals surface area contributed by atoms with Gasteiger partial charge in [0.1, 0.15) is 11.6 Å². The Morgan fingerprint density at radius 3 is 2.67 bits per heavy atom. The summed E-state index contributed by atoms with van der Waals surface area (Å²) in [5, 5.41) is 12.7. The van der Waals surface area contributed by atoms with Crippen LogP contribution in [0.25, 0.3) is 0 Å².